The van der Waals surface area contributed by atoms with Crippen LogP contribution in [0.3, 0.4) is 0 Å². The van der Waals surface area contributed by atoms with Gasteiger partial charge in [-0.25, -0.2) is 4.79 Å². The number of nitrogens with zero attached hydrogens (tertiary/aromatic N) is 1. The van der Waals surface area contributed by atoms with Crippen molar-refractivity contribution in [1.29, 1.82) is 0 Å². The maximum atomic E-state index is 13.6. The average molecular weight is 500 g/mol. The first-order valence-corrected chi connectivity index (χ1v) is 12.7. The van der Waals surface area contributed by atoms with Gasteiger partial charge >= 0.3 is 6.09 Å². The Morgan fingerprint density at radius 1 is 1.00 bits per heavy atom. The fraction of sp³-hybridized carbons (Fsp3) is 0.323. The van der Waals surface area contributed by atoms with Gasteiger partial charge < -0.3 is 19.3 Å². The summed E-state index contributed by atoms with van der Waals surface area (Å²) in [6.45, 7) is 6.55. The van der Waals surface area contributed by atoms with Crippen LogP contribution in [0.5, 0.6) is 0 Å². The Balaban J connectivity index is 1.51. The fourth-order valence-corrected chi connectivity index (χ4v) is 5.70. The number of ether oxygens (including phenoxy) is 3. The third-order valence-electron chi connectivity index (χ3n) is 7.57. The molecule has 2 fully saturated rings. The largest absolute Gasteiger partial charge is 0.439 e. The predicted octanol–water partition coefficient (Wildman–Crippen LogP) is 5.60. The van der Waals surface area contributed by atoms with Gasteiger partial charge in [-0.1, -0.05) is 97.1 Å². The van der Waals surface area contributed by atoms with E-state index < -0.39 is 35.5 Å². The van der Waals surface area contributed by atoms with Crippen molar-refractivity contribution >= 4 is 6.09 Å². The van der Waals surface area contributed by atoms with Gasteiger partial charge in [0.05, 0.1) is 19.3 Å². The van der Waals surface area contributed by atoms with E-state index in [1.54, 1.807) is 4.90 Å². The molecule has 1 aliphatic heterocycles. The lowest BCUT2D eigenvalue weighted by molar-refractivity contribution is -0.280. The summed E-state index contributed by atoms with van der Waals surface area (Å²) < 4.78 is 18.5. The summed E-state index contributed by atoms with van der Waals surface area (Å²) in [5, 5.41) is 11.6. The zero-order valence-electron chi connectivity index (χ0n) is 21.0. The van der Waals surface area contributed by atoms with Crippen molar-refractivity contribution in [1.82, 2.24) is 4.90 Å². The summed E-state index contributed by atoms with van der Waals surface area (Å²) in [5.74, 6) is 0. The molecule has 0 bridgehead atoms. The minimum Gasteiger partial charge on any atom is -0.439 e. The van der Waals surface area contributed by atoms with Gasteiger partial charge in [0.15, 0.2) is 6.10 Å². The van der Waals surface area contributed by atoms with Gasteiger partial charge in [0.2, 0.25) is 0 Å². The highest BCUT2D eigenvalue weighted by Gasteiger charge is 2.70. The van der Waals surface area contributed by atoms with Gasteiger partial charge in [0, 0.05) is 13.0 Å². The summed E-state index contributed by atoms with van der Waals surface area (Å²) in [6.07, 6.45) is 0.841. The average Bonchev–Trinajstić information content (AvgIpc) is 3.28. The topological polar surface area (TPSA) is 68.2 Å². The van der Waals surface area contributed by atoms with Gasteiger partial charge in [-0.15, -0.1) is 6.58 Å². The molecule has 1 heterocycles. The lowest BCUT2D eigenvalue weighted by Gasteiger charge is -2.61. The van der Waals surface area contributed by atoms with E-state index in [4.69, 9.17) is 14.2 Å². The summed E-state index contributed by atoms with van der Waals surface area (Å²) in [7, 11) is 0. The van der Waals surface area contributed by atoms with E-state index in [0.717, 1.165) is 16.7 Å². The molecule has 6 nitrogen and oxygen atoms in total. The molecule has 1 amide bonds. The maximum absolute atomic E-state index is 13.6. The summed E-state index contributed by atoms with van der Waals surface area (Å²) in [4.78, 5) is 15.3. The number of rotatable bonds is 10. The molecular formula is C31H33NO5. The molecule has 1 aliphatic carbocycles. The molecule has 3 aromatic rings. The van der Waals surface area contributed by atoms with Gasteiger partial charge in [0.1, 0.15) is 17.2 Å². The highest BCUT2D eigenvalue weighted by atomic mass is 16.6. The molecule has 0 unspecified atom stereocenters. The van der Waals surface area contributed by atoms with Crippen molar-refractivity contribution in [2.75, 3.05) is 13.2 Å². The smallest absolute Gasteiger partial charge is 0.411 e. The molecule has 0 spiro atoms. The highest BCUT2D eigenvalue weighted by Crippen LogP contribution is 2.55. The van der Waals surface area contributed by atoms with Crippen LogP contribution in [0.25, 0.3) is 0 Å². The van der Waals surface area contributed by atoms with Crippen LogP contribution in [0.2, 0.25) is 0 Å². The number of benzene rings is 3. The van der Waals surface area contributed by atoms with Gasteiger partial charge in [-0.2, -0.15) is 0 Å². The van der Waals surface area contributed by atoms with Crippen molar-refractivity contribution in [2.45, 2.75) is 49.3 Å². The third kappa shape index (κ3) is 4.46. The number of hydrogen-bond acceptors (Lipinski definition) is 5. The summed E-state index contributed by atoms with van der Waals surface area (Å²) in [6, 6.07) is 28.6. The Morgan fingerprint density at radius 3 is 2.19 bits per heavy atom. The summed E-state index contributed by atoms with van der Waals surface area (Å²) >= 11 is 0. The molecule has 1 saturated heterocycles. The van der Waals surface area contributed by atoms with Crippen LogP contribution in [0.15, 0.2) is 104 Å². The van der Waals surface area contributed by atoms with Crippen molar-refractivity contribution in [2.24, 2.45) is 0 Å². The normalized spacial score (nSPS) is 29.0. The van der Waals surface area contributed by atoms with E-state index in [1.165, 1.54) is 6.08 Å². The third-order valence-corrected chi connectivity index (χ3v) is 7.57. The van der Waals surface area contributed by atoms with Crippen LogP contribution in [0.4, 0.5) is 4.79 Å². The van der Waals surface area contributed by atoms with Crippen molar-refractivity contribution in [3.05, 3.63) is 120 Å². The van der Waals surface area contributed by atoms with Crippen molar-refractivity contribution in [3.8, 4) is 0 Å². The molecule has 5 rings (SSSR count). The number of carbonyl (C=O) groups is 1. The lowest BCUT2D eigenvalue weighted by Crippen LogP contribution is -2.79. The quantitative estimate of drug-likeness (QED) is 0.368. The molecule has 1 N–H and O–H groups in total. The zero-order valence-corrected chi connectivity index (χ0v) is 21.0. The number of amides is 1. The monoisotopic (exact) mass is 499 g/mol. The molecule has 37 heavy (non-hydrogen) atoms. The van der Waals surface area contributed by atoms with Gasteiger partial charge in [-0.05, 0) is 23.6 Å². The van der Waals surface area contributed by atoms with Crippen LogP contribution >= 0.6 is 0 Å². The first kappa shape index (κ1) is 25.2. The molecule has 0 radical (unpaired) electrons. The number of aliphatic hydroxyl groups is 1. The lowest BCUT2D eigenvalue weighted by atomic mass is 9.60. The van der Waals surface area contributed by atoms with Gasteiger partial charge in [-0.3, -0.25) is 4.90 Å². The van der Waals surface area contributed by atoms with E-state index in [2.05, 4.69) is 6.58 Å². The molecule has 0 aromatic heterocycles. The van der Waals surface area contributed by atoms with Crippen molar-refractivity contribution < 1.29 is 24.1 Å². The second-order valence-corrected chi connectivity index (χ2v) is 9.63. The molecule has 1 saturated carbocycles. The molecule has 3 aromatic carbocycles. The predicted molar refractivity (Wildman–Crippen MR) is 141 cm³/mol. The zero-order chi connectivity index (χ0) is 25.9. The van der Waals surface area contributed by atoms with E-state index in [0.29, 0.717) is 13.2 Å². The Hall–Kier alpha value is -3.45. The standard InChI is InChI=1S/C31H33NO5/c1-3-30(34)20-26(31(30,36-4-2)22-35-21-23-14-8-5-9-15-23)32-27(24-16-10-6-11-17-24)28(37-29(32)33)25-18-12-7-13-19-25/h3,5-19,26-28,34H,1,4,20-22H2,2H3/t26-,27-,28+,30+,31+/m0/s1. The Labute approximate surface area is 218 Å². The maximum Gasteiger partial charge on any atom is 0.411 e. The minimum atomic E-state index is -1.36. The number of cyclic esters (lactones) is 1. The first-order valence-electron chi connectivity index (χ1n) is 12.7. The Kier molecular flexibility index (Phi) is 7.15. The van der Waals surface area contributed by atoms with Gasteiger partial charge in [0.25, 0.3) is 0 Å². The van der Waals surface area contributed by atoms with Crippen LogP contribution in [0.1, 0.15) is 42.2 Å². The van der Waals surface area contributed by atoms with E-state index in [1.807, 2.05) is 97.9 Å². The Morgan fingerprint density at radius 2 is 1.59 bits per heavy atom. The van der Waals surface area contributed by atoms with Crippen LogP contribution < -0.4 is 0 Å². The second-order valence-electron chi connectivity index (χ2n) is 9.63. The van der Waals surface area contributed by atoms with E-state index in [9.17, 15) is 9.90 Å². The first-order chi connectivity index (χ1) is 18.0. The molecule has 6 heteroatoms. The molecule has 192 valence electrons. The second kappa shape index (κ2) is 10.5. The molecule has 2 aliphatic rings. The Bertz CT molecular complexity index is 1200. The molecule has 5 atom stereocenters. The summed E-state index contributed by atoms with van der Waals surface area (Å²) in [5.41, 5.74) is 0.311. The fourth-order valence-electron chi connectivity index (χ4n) is 5.70. The molecular weight excluding hydrogens is 466 g/mol. The van der Waals surface area contributed by atoms with E-state index >= 15 is 0 Å². The number of carbonyl (C=O) groups excluding carboxylic acids is 1. The minimum absolute atomic E-state index is 0.0875. The van der Waals surface area contributed by atoms with E-state index in [-0.39, 0.29) is 13.0 Å². The SMILES string of the molecule is C=C[C@@]1(O)C[C@H](N2C(=O)O[C@H](c3ccccc3)[C@@H]2c2ccccc2)[C@@]1(COCc1ccccc1)OCC. The van der Waals surface area contributed by atoms with Crippen molar-refractivity contribution in [3.63, 3.8) is 0 Å². The van der Waals surface area contributed by atoms with Crippen LogP contribution in [-0.4, -0.2) is 46.6 Å². The van der Waals surface area contributed by atoms with Crippen LogP contribution in [-0.2, 0) is 20.8 Å². The van der Waals surface area contributed by atoms with Crippen LogP contribution in [0, 0.1) is 0 Å². The highest BCUT2D eigenvalue weighted by molar-refractivity contribution is 5.73. The number of hydrogen-bond donors (Lipinski definition) is 1.